The molecule has 330 valence electrons. The number of ether oxygens (including phenoxy) is 2. The fourth-order valence-corrected chi connectivity index (χ4v) is 6.22. The zero-order valence-corrected chi connectivity index (χ0v) is 36.9. The van der Waals surface area contributed by atoms with Crippen LogP contribution in [-0.4, -0.2) is 60.7 Å². The molecule has 0 saturated carbocycles. The Bertz CT molecular complexity index is 1580. The Morgan fingerprint density at radius 1 is 0.500 bits per heavy atom. The second-order valence-corrected chi connectivity index (χ2v) is 16.3. The van der Waals surface area contributed by atoms with Crippen molar-refractivity contribution in [2.75, 3.05) is 13.1 Å². The summed E-state index contributed by atoms with van der Waals surface area (Å²) in [7, 11) is 0. The highest BCUT2D eigenvalue weighted by Crippen LogP contribution is 2.17. The quantitative estimate of drug-likeness (QED) is 0.0281. The Balaban J connectivity index is 1.50. The molecule has 60 heavy (non-hydrogen) atoms. The molecule has 2 atom stereocenters. The topological polar surface area (TPSA) is 169 Å². The number of nitrogens with one attached hydrogen (secondary N) is 4. The van der Waals surface area contributed by atoms with Gasteiger partial charge in [-0.25, -0.2) is 9.59 Å². The Kier molecular flexibility index (Phi) is 24.0. The van der Waals surface area contributed by atoms with Crippen molar-refractivity contribution < 1.29 is 38.2 Å². The Morgan fingerprint density at radius 2 is 0.800 bits per heavy atom. The minimum atomic E-state index is -0.598. The first kappa shape index (κ1) is 50.9. The lowest BCUT2D eigenvalue weighted by atomic mass is 10.0. The number of carbonyl (C=O) groups is 6. The van der Waals surface area contributed by atoms with Gasteiger partial charge in [0.05, 0.1) is 0 Å². The molecule has 12 nitrogen and oxygen atoms in total. The average molecular weight is 831 g/mol. The number of esters is 2. The van der Waals surface area contributed by atoms with Crippen LogP contribution < -0.4 is 30.7 Å². The van der Waals surface area contributed by atoms with E-state index in [-0.39, 0.29) is 48.3 Å². The summed E-state index contributed by atoms with van der Waals surface area (Å²) in [5, 5.41) is 11.8. The van der Waals surface area contributed by atoms with E-state index in [0.717, 1.165) is 62.5 Å². The molecule has 12 heteroatoms. The molecule has 0 heterocycles. The number of hydrogen-bond acceptors (Lipinski definition) is 8. The summed E-state index contributed by atoms with van der Waals surface area (Å²) in [4.78, 5) is 74.5. The number of rotatable bonds is 29. The molecule has 0 fully saturated rings. The van der Waals surface area contributed by atoms with Gasteiger partial charge in [-0.1, -0.05) is 116 Å². The third kappa shape index (κ3) is 21.1. The average Bonchev–Trinajstić information content (AvgIpc) is 3.20. The molecule has 2 unspecified atom stereocenters. The third-order valence-electron chi connectivity index (χ3n) is 9.98. The minimum Gasteiger partial charge on any atom is -0.423 e. The fourth-order valence-electron chi connectivity index (χ4n) is 6.22. The first-order chi connectivity index (χ1) is 28.6. The highest BCUT2D eigenvalue weighted by Gasteiger charge is 2.25. The second kappa shape index (κ2) is 28.3. The van der Waals surface area contributed by atoms with Gasteiger partial charge in [0.25, 0.3) is 0 Å². The molecule has 0 aliphatic heterocycles. The SMILES string of the molecule is C=C(C)C(=O)Oc1ccc(CCC(=O)NC(C(=O)NCCCCCCCCCCCCNC(=O)C(NC(=O)CCc2ccc(OC(=O)C(=C)C)cc2)C(C)C)C(C)C)cc1. The highest BCUT2D eigenvalue weighted by atomic mass is 16.5. The van der Waals surface area contributed by atoms with Crippen molar-refractivity contribution >= 4 is 35.6 Å². The van der Waals surface area contributed by atoms with E-state index in [9.17, 15) is 28.8 Å². The Labute approximate surface area is 358 Å². The summed E-state index contributed by atoms with van der Waals surface area (Å²) >= 11 is 0. The largest absolute Gasteiger partial charge is 0.423 e. The maximum absolute atomic E-state index is 12.9. The van der Waals surface area contributed by atoms with Gasteiger partial charge in [0, 0.05) is 37.1 Å². The molecule has 0 radical (unpaired) electrons. The van der Waals surface area contributed by atoms with Gasteiger partial charge in [0.1, 0.15) is 23.6 Å². The molecular weight excluding hydrogens is 761 g/mol. The van der Waals surface area contributed by atoms with Crippen LogP contribution in [0.5, 0.6) is 11.5 Å². The highest BCUT2D eigenvalue weighted by molar-refractivity contribution is 5.90. The fraction of sp³-hybridized carbons (Fsp3) is 0.542. The number of unbranched alkanes of at least 4 members (excludes halogenated alkanes) is 9. The van der Waals surface area contributed by atoms with Crippen molar-refractivity contribution in [1.29, 1.82) is 0 Å². The molecule has 0 saturated heterocycles. The monoisotopic (exact) mass is 831 g/mol. The Morgan fingerprint density at radius 3 is 1.08 bits per heavy atom. The van der Waals surface area contributed by atoms with Crippen molar-refractivity contribution in [2.24, 2.45) is 11.8 Å². The predicted octanol–water partition coefficient (Wildman–Crippen LogP) is 7.63. The van der Waals surface area contributed by atoms with Gasteiger partial charge < -0.3 is 30.7 Å². The van der Waals surface area contributed by atoms with Crippen LogP contribution in [0.15, 0.2) is 72.8 Å². The standard InChI is InChI=1S/C48H70N4O8/c1-33(2)43(51-41(53)29-23-37-19-25-39(26-20-37)59-47(57)35(5)6)45(55)49-31-17-15-13-11-9-10-12-14-16-18-32-50-46(56)44(34(3)4)52-42(54)30-24-38-21-27-40(28-22-38)60-48(58)36(7)8/h19-22,25-28,33-34,43-44H,5,7,9-18,23-24,29-32H2,1-4,6,8H3,(H,49,55)(H,50,56)(H,51,53)(H,52,54). The van der Waals surface area contributed by atoms with Gasteiger partial charge in [-0.05, 0) is 86.8 Å². The van der Waals surface area contributed by atoms with Crippen LogP contribution in [-0.2, 0) is 41.6 Å². The van der Waals surface area contributed by atoms with Crippen molar-refractivity contribution in [3.63, 3.8) is 0 Å². The van der Waals surface area contributed by atoms with E-state index in [0.29, 0.717) is 48.6 Å². The van der Waals surface area contributed by atoms with Crippen LogP contribution in [0.4, 0.5) is 0 Å². The zero-order chi connectivity index (χ0) is 44.5. The number of benzene rings is 2. The molecule has 0 aliphatic carbocycles. The van der Waals surface area contributed by atoms with Crippen LogP contribution in [0.2, 0.25) is 0 Å². The predicted molar refractivity (Wildman–Crippen MR) is 236 cm³/mol. The summed E-state index contributed by atoms with van der Waals surface area (Å²) < 4.78 is 10.4. The molecule has 0 aliphatic rings. The molecule has 4 amide bonds. The summed E-state index contributed by atoms with van der Waals surface area (Å²) in [6, 6.07) is 12.8. The van der Waals surface area contributed by atoms with Crippen molar-refractivity contribution in [2.45, 2.75) is 144 Å². The van der Waals surface area contributed by atoms with Crippen LogP contribution in [0.3, 0.4) is 0 Å². The smallest absolute Gasteiger partial charge is 0.338 e. The maximum atomic E-state index is 12.9. The van der Waals surface area contributed by atoms with Crippen molar-refractivity contribution in [3.8, 4) is 11.5 Å². The van der Waals surface area contributed by atoms with E-state index >= 15 is 0 Å². The summed E-state index contributed by atoms with van der Waals surface area (Å²) in [6.07, 6.45) is 12.2. The van der Waals surface area contributed by atoms with E-state index in [1.807, 2.05) is 52.0 Å². The molecule has 2 aromatic carbocycles. The van der Waals surface area contributed by atoms with E-state index in [4.69, 9.17) is 9.47 Å². The molecule has 4 N–H and O–H groups in total. The summed E-state index contributed by atoms with van der Waals surface area (Å²) in [6.45, 7) is 19.1. The van der Waals surface area contributed by atoms with E-state index in [1.165, 1.54) is 12.8 Å². The maximum Gasteiger partial charge on any atom is 0.338 e. The van der Waals surface area contributed by atoms with Crippen molar-refractivity contribution in [1.82, 2.24) is 21.3 Å². The van der Waals surface area contributed by atoms with Crippen LogP contribution in [0, 0.1) is 11.8 Å². The lowest BCUT2D eigenvalue weighted by Gasteiger charge is -2.22. The second-order valence-electron chi connectivity index (χ2n) is 16.3. The van der Waals surface area contributed by atoms with Gasteiger partial charge in [-0.2, -0.15) is 0 Å². The molecule has 0 bridgehead atoms. The van der Waals surface area contributed by atoms with Gasteiger partial charge in [0.15, 0.2) is 0 Å². The number of amides is 4. The molecule has 0 aromatic heterocycles. The zero-order valence-electron chi connectivity index (χ0n) is 36.9. The lowest BCUT2D eigenvalue weighted by molar-refractivity contribution is -0.130. The van der Waals surface area contributed by atoms with E-state index < -0.39 is 24.0 Å². The van der Waals surface area contributed by atoms with Gasteiger partial charge in [0.2, 0.25) is 23.6 Å². The van der Waals surface area contributed by atoms with Crippen molar-refractivity contribution in [3.05, 3.63) is 84.0 Å². The van der Waals surface area contributed by atoms with E-state index in [2.05, 4.69) is 34.4 Å². The first-order valence-corrected chi connectivity index (χ1v) is 21.6. The molecular formula is C48H70N4O8. The number of aryl methyl sites for hydroxylation is 2. The molecule has 2 rings (SSSR count). The lowest BCUT2D eigenvalue weighted by Crippen LogP contribution is -2.49. The minimum absolute atomic E-state index is 0.0516. The van der Waals surface area contributed by atoms with Crippen LogP contribution >= 0.6 is 0 Å². The van der Waals surface area contributed by atoms with E-state index in [1.54, 1.807) is 38.1 Å². The summed E-state index contributed by atoms with van der Waals surface area (Å²) in [5.74, 6) is -0.940. The van der Waals surface area contributed by atoms with Gasteiger partial charge in [-0.15, -0.1) is 0 Å². The van der Waals surface area contributed by atoms with Gasteiger partial charge >= 0.3 is 11.9 Å². The van der Waals surface area contributed by atoms with Crippen LogP contribution in [0.1, 0.15) is 130 Å². The van der Waals surface area contributed by atoms with Gasteiger partial charge in [-0.3, -0.25) is 19.2 Å². The van der Waals surface area contributed by atoms with Crippen LogP contribution in [0.25, 0.3) is 0 Å². The number of hydrogen-bond donors (Lipinski definition) is 4. The molecule has 2 aromatic rings. The molecule has 0 spiro atoms. The number of carbonyl (C=O) groups excluding carboxylic acids is 6. The summed E-state index contributed by atoms with van der Waals surface area (Å²) in [5.41, 5.74) is 2.48. The normalized spacial score (nSPS) is 11.9. The first-order valence-electron chi connectivity index (χ1n) is 21.6. The Hall–Kier alpha value is -5.26. The third-order valence-corrected chi connectivity index (χ3v) is 9.98.